The van der Waals surface area contributed by atoms with Crippen LogP contribution in [0.5, 0.6) is 0 Å². The molecule has 0 heterocycles. The molecule has 1 rings (SSSR count). The molecule has 0 saturated carbocycles. The van der Waals surface area contributed by atoms with Crippen LogP contribution in [0.1, 0.15) is 0 Å². The molecular formula is C6H4ClNNaO4S2+. The van der Waals surface area contributed by atoms with Crippen molar-refractivity contribution < 1.29 is 42.9 Å². The zero-order valence-corrected chi connectivity index (χ0v) is 12.0. The Kier molecular flexibility index (Phi) is 5.59. The second-order valence-corrected chi connectivity index (χ2v) is 5.39. The molecule has 0 atom stereocenters. The van der Waals surface area contributed by atoms with Crippen molar-refractivity contribution in [1.82, 2.24) is 0 Å². The fraction of sp³-hybridized carbons (Fsp3) is 0. The van der Waals surface area contributed by atoms with Crippen LogP contribution in [-0.4, -0.2) is 13.3 Å². The molecule has 0 saturated heterocycles. The molecule has 15 heavy (non-hydrogen) atoms. The SMILES string of the molecule is O=[N+]([O-])c1cc(S(=O)(=O)Cl)ccc1S.[Na+]. The number of nitro groups is 1. The summed E-state index contributed by atoms with van der Waals surface area (Å²) in [5, 5.41) is 10.4. The Morgan fingerprint density at radius 1 is 1.40 bits per heavy atom. The van der Waals surface area contributed by atoms with E-state index in [1.807, 2.05) is 0 Å². The summed E-state index contributed by atoms with van der Waals surface area (Å²) in [5.41, 5.74) is -0.393. The molecule has 0 N–H and O–H groups in total. The van der Waals surface area contributed by atoms with Crippen molar-refractivity contribution in [3.63, 3.8) is 0 Å². The number of nitrogens with zero attached hydrogens (tertiary/aromatic N) is 1. The average molecular weight is 277 g/mol. The third-order valence-corrected chi connectivity index (χ3v) is 3.15. The van der Waals surface area contributed by atoms with Crippen LogP contribution in [0.25, 0.3) is 0 Å². The summed E-state index contributed by atoms with van der Waals surface area (Å²) in [5.74, 6) is 0. The van der Waals surface area contributed by atoms with Crippen LogP contribution in [0.15, 0.2) is 28.0 Å². The molecule has 0 aliphatic rings. The maximum Gasteiger partial charge on any atom is 1.00 e. The number of nitro benzene ring substituents is 1. The van der Waals surface area contributed by atoms with Gasteiger partial charge in [0.05, 0.1) is 14.7 Å². The number of thiol groups is 1. The summed E-state index contributed by atoms with van der Waals surface area (Å²) < 4.78 is 21.7. The summed E-state index contributed by atoms with van der Waals surface area (Å²) in [6.45, 7) is 0. The molecule has 0 aliphatic heterocycles. The molecule has 76 valence electrons. The molecule has 0 amide bonds. The van der Waals surface area contributed by atoms with Crippen LogP contribution in [0.2, 0.25) is 0 Å². The quantitative estimate of drug-likeness (QED) is 0.242. The molecule has 1 aromatic carbocycles. The minimum absolute atomic E-state index is 0. The minimum atomic E-state index is -3.94. The summed E-state index contributed by atoms with van der Waals surface area (Å²) in [6, 6.07) is 3.22. The van der Waals surface area contributed by atoms with Crippen molar-refractivity contribution in [3.8, 4) is 0 Å². The van der Waals surface area contributed by atoms with Crippen molar-refractivity contribution in [2.75, 3.05) is 0 Å². The summed E-state index contributed by atoms with van der Waals surface area (Å²) in [4.78, 5) is 9.46. The van der Waals surface area contributed by atoms with Gasteiger partial charge in [-0.15, -0.1) is 12.6 Å². The Bertz CT molecular complexity index is 490. The van der Waals surface area contributed by atoms with Crippen LogP contribution in [0.3, 0.4) is 0 Å². The van der Waals surface area contributed by atoms with E-state index in [9.17, 15) is 18.5 Å². The number of hydrogen-bond donors (Lipinski definition) is 1. The Morgan fingerprint density at radius 2 is 1.93 bits per heavy atom. The molecule has 9 heteroatoms. The van der Waals surface area contributed by atoms with Crippen LogP contribution in [-0.2, 0) is 9.05 Å². The average Bonchev–Trinajstić information content (AvgIpc) is 2.02. The van der Waals surface area contributed by atoms with E-state index >= 15 is 0 Å². The van der Waals surface area contributed by atoms with Gasteiger partial charge in [-0.05, 0) is 12.1 Å². The van der Waals surface area contributed by atoms with Gasteiger partial charge in [0.25, 0.3) is 14.7 Å². The molecule has 0 radical (unpaired) electrons. The van der Waals surface area contributed by atoms with Gasteiger partial charge in [0, 0.05) is 16.7 Å². The first-order valence-corrected chi connectivity index (χ1v) is 6.00. The van der Waals surface area contributed by atoms with E-state index in [1.54, 1.807) is 0 Å². The Balaban J connectivity index is 0.00000196. The van der Waals surface area contributed by atoms with Gasteiger partial charge in [0.1, 0.15) is 0 Å². The monoisotopic (exact) mass is 276 g/mol. The van der Waals surface area contributed by atoms with Gasteiger partial charge in [0.2, 0.25) is 0 Å². The van der Waals surface area contributed by atoms with Crippen molar-refractivity contribution >= 4 is 38.0 Å². The van der Waals surface area contributed by atoms with Crippen LogP contribution in [0.4, 0.5) is 5.69 Å². The van der Waals surface area contributed by atoms with Gasteiger partial charge in [-0.25, -0.2) is 8.42 Å². The molecule has 0 spiro atoms. The van der Waals surface area contributed by atoms with Gasteiger partial charge in [-0.3, -0.25) is 10.1 Å². The summed E-state index contributed by atoms with van der Waals surface area (Å²) >= 11 is 3.80. The Morgan fingerprint density at radius 3 is 2.33 bits per heavy atom. The van der Waals surface area contributed by atoms with Crippen molar-refractivity contribution in [3.05, 3.63) is 28.3 Å². The van der Waals surface area contributed by atoms with Crippen molar-refractivity contribution in [2.45, 2.75) is 9.79 Å². The van der Waals surface area contributed by atoms with Gasteiger partial charge in [-0.1, -0.05) is 0 Å². The first-order chi connectivity index (χ1) is 6.32. The van der Waals surface area contributed by atoms with Gasteiger partial charge >= 0.3 is 29.6 Å². The van der Waals surface area contributed by atoms with Gasteiger partial charge in [-0.2, -0.15) is 0 Å². The normalized spacial score (nSPS) is 10.5. The van der Waals surface area contributed by atoms with E-state index in [0.29, 0.717) is 0 Å². The van der Waals surface area contributed by atoms with E-state index in [2.05, 4.69) is 12.6 Å². The zero-order valence-electron chi connectivity index (χ0n) is 7.55. The van der Waals surface area contributed by atoms with E-state index < -0.39 is 19.7 Å². The second kappa shape index (κ2) is 5.51. The number of benzene rings is 1. The van der Waals surface area contributed by atoms with E-state index in [1.165, 1.54) is 6.07 Å². The molecule has 0 fully saturated rings. The van der Waals surface area contributed by atoms with Crippen molar-refractivity contribution in [2.24, 2.45) is 0 Å². The van der Waals surface area contributed by atoms with Crippen LogP contribution < -0.4 is 29.6 Å². The minimum Gasteiger partial charge on any atom is -0.258 e. The largest absolute Gasteiger partial charge is 1.00 e. The van der Waals surface area contributed by atoms with Crippen LogP contribution in [0, 0.1) is 10.1 Å². The molecule has 1 aromatic rings. The smallest absolute Gasteiger partial charge is 0.258 e. The van der Waals surface area contributed by atoms with Gasteiger partial charge < -0.3 is 0 Å². The molecular weight excluding hydrogens is 273 g/mol. The molecule has 5 nitrogen and oxygen atoms in total. The second-order valence-electron chi connectivity index (χ2n) is 2.35. The summed E-state index contributed by atoms with van der Waals surface area (Å²) in [7, 11) is 1.07. The molecule has 0 aromatic heterocycles. The third kappa shape index (κ3) is 3.93. The third-order valence-electron chi connectivity index (χ3n) is 1.43. The van der Waals surface area contributed by atoms with E-state index in [-0.39, 0.29) is 39.3 Å². The predicted octanol–water partition coefficient (Wildman–Crippen LogP) is -1.18. The van der Waals surface area contributed by atoms with Gasteiger partial charge in [0.15, 0.2) is 0 Å². The number of hydrogen-bond acceptors (Lipinski definition) is 5. The topological polar surface area (TPSA) is 77.3 Å². The maximum atomic E-state index is 10.8. The summed E-state index contributed by atoms with van der Waals surface area (Å²) in [6.07, 6.45) is 0. The first kappa shape index (κ1) is 15.2. The number of rotatable bonds is 2. The molecule has 0 aliphatic carbocycles. The van der Waals surface area contributed by atoms with Crippen molar-refractivity contribution in [1.29, 1.82) is 0 Å². The molecule has 0 bridgehead atoms. The van der Waals surface area contributed by atoms with E-state index in [4.69, 9.17) is 10.7 Å². The van der Waals surface area contributed by atoms with E-state index in [0.717, 1.165) is 12.1 Å². The Hall–Kier alpha value is 0.210. The van der Waals surface area contributed by atoms with Crippen LogP contribution >= 0.6 is 23.3 Å². The number of halogens is 1. The fourth-order valence-corrected chi connectivity index (χ4v) is 1.79. The zero-order chi connectivity index (χ0) is 10.9. The predicted molar refractivity (Wildman–Crippen MR) is 53.4 cm³/mol. The fourth-order valence-electron chi connectivity index (χ4n) is 0.801. The molecule has 0 unspecified atom stereocenters. The first-order valence-electron chi connectivity index (χ1n) is 3.24. The standard InChI is InChI=1S/C6H4ClNO4S2.Na/c7-14(11,12)4-1-2-6(13)5(3-4)8(9)10;/h1-3,13H;/q;+1. The maximum absolute atomic E-state index is 10.8. The Labute approximate surface area is 118 Å².